The van der Waals surface area contributed by atoms with Crippen molar-refractivity contribution in [2.24, 2.45) is 5.92 Å². The summed E-state index contributed by atoms with van der Waals surface area (Å²) < 4.78 is 0.629. The quantitative estimate of drug-likeness (QED) is 0.882. The molecular weight excluding hydrogens is 294 g/mol. The molecule has 0 spiro atoms. The van der Waals surface area contributed by atoms with E-state index in [9.17, 15) is 9.90 Å². The molecule has 98 valence electrons. The molecule has 1 fully saturated rings. The van der Waals surface area contributed by atoms with Crippen molar-refractivity contribution in [1.29, 1.82) is 0 Å². The Bertz CT molecular complexity index is 447. The van der Waals surface area contributed by atoms with Crippen molar-refractivity contribution in [1.82, 2.24) is 0 Å². The van der Waals surface area contributed by atoms with Gasteiger partial charge in [-0.15, -0.1) is 0 Å². The number of rotatable bonds is 3. The number of carboxylic acids is 1. The third-order valence-electron chi connectivity index (χ3n) is 3.52. The Kier molecular flexibility index (Phi) is 4.27. The van der Waals surface area contributed by atoms with Crippen LogP contribution in [0.25, 0.3) is 0 Å². The zero-order valence-corrected chi connectivity index (χ0v) is 12.0. The normalized spacial score (nSPS) is 23.7. The SMILES string of the molecule is CC1CCCC(Nc2cccc(Br)c2C(=O)O)C1. The van der Waals surface area contributed by atoms with Gasteiger partial charge in [-0.25, -0.2) is 4.79 Å². The lowest BCUT2D eigenvalue weighted by Crippen LogP contribution is -2.27. The van der Waals surface area contributed by atoms with E-state index in [0.29, 0.717) is 16.1 Å². The summed E-state index contributed by atoms with van der Waals surface area (Å²) in [6, 6.07) is 5.86. The summed E-state index contributed by atoms with van der Waals surface area (Å²) in [5.74, 6) is -0.175. The Morgan fingerprint density at radius 3 is 2.89 bits per heavy atom. The van der Waals surface area contributed by atoms with Gasteiger partial charge < -0.3 is 10.4 Å². The van der Waals surface area contributed by atoms with E-state index in [1.54, 1.807) is 6.07 Å². The molecule has 1 aliphatic carbocycles. The molecule has 0 saturated heterocycles. The van der Waals surface area contributed by atoms with E-state index >= 15 is 0 Å². The second-order valence-corrected chi connectivity index (χ2v) is 5.93. The van der Waals surface area contributed by atoms with Gasteiger partial charge in [0.1, 0.15) is 0 Å². The topological polar surface area (TPSA) is 49.3 Å². The van der Waals surface area contributed by atoms with E-state index in [4.69, 9.17) is 0 Å². The van der Waals surface area contributed by atoms with Crippen LogP contribution in [0.15, 0.2) is 22.7 Å². The molecule has 0 amide bonds. The van der Waals surface area contributed by atoms with Crippen LogP contribution in [0.5, 0.6) is 0 Å². The van der Waals surface area contributed by atoms with E-state index in [0.717, 1.165) is 24.4 Å². The third-order valence-corrected chi connectivity index (χ3v) is 4.18. The van der Waals surface area contributed by atoms with E-state index in [2.05, 4.69) is 28.2 Å². The number of benzene rings is 1. The highest BCUT2D eigenvalue weighted by Crippen LogP contribution is 2.30. The second kappa shape index (κ2) is 5.74. The van der Waals surface area contributed by atoms with E-state index in [1.807, 2.05) is 12.1 Å². The fourth-order valence-electron chi connectivity index (χ4n) is 2.65. The Balaban J connectivity index is 2.18. The van der Waals surface area contributed by atoms with Crippen molar-refractivity contribution in [3.8, 4) is 0 Å². The van der Waals surface area contributed by atoms with Crippen LogP contribution in [-0.4, -0.2) is 17.1 Å². The maximum atomic E-state index is 11.3. The van der Waals surface area contributed by atoms with Crippen molar-refractivity contribution in [3.63, 3.8) is 0 Å². The summed E-state index contributed by atoms with van der Waals surface area (Å²) in [5, 5.41) is 12.6. The van der Waals surface area contributed by atoms with Gasteiger partial charge in [-0.1, -0.05) is 25.8 Å². The molecule has 2 N–H and O–H groups in total. The van der Waals surface area contributed by atoms with E-state index in [-0.39, 0.29) is 0 Å². The molecular formula is C14H18BrNO2. The van der Waals surface area contributed by atoms with Gasteiger partial charge in [-0.3, -0.25) is 0 Å². The maximum Gasteiger partial charge on any atom is 0.338 e. The van der Waals surface area contributed by atoms with Crippen LogP contribution in [-0.2, 0) is 0 Å². The van der Waals surface area contributed by atoms with Gasteiger partial charge in [-0.05, 0) is 46.8 Å². The van der Waals surface area contributed by atoms with Crippen LogP contribution in [0.2, 0.25) is 0 Å². The Labute approximate surface area is 116 Å². The predicted octanol–water partition coefficient (Wildman–Crippen LogP) is 4.14. The number of hydrogen-bond donors (Lipinski definition) is 2. The number of carbonyl (C=O) groups is 1. The number of nitrogens with one attached hydrogen (secondary N) is 1. The minimum Gasteiger partial charge on any atom is -0.478 e. The summed E-state index contributed by atoms with van der Waals surface area (Å²) in [7, 11) is 0. The molecule has 3 nitrogen and oxygen atoms in total. The Morgan fingerprint density at radius 2 is 2.22 bits per heavy atom. The highest BCUT2D eigenvalue weighted by atomic mass is 79.9. The monoisotopic (exact) mass is 311 g/mol. The Hall–Kier alpha value is -1.03. The van der Waals surface area contributed by atoms with Crippen LogP contribution >= 0.6 is 15.9 Å². The van der Waals surface area contributed by atoms with Gasteiger partial charge >= 0.3 is 5.97 Å². The first-order valence-corrected chi connectivity index (χ1v) is 7.15. The molecule has 0 aliphatic heterocycles. The van der Waals surface area contributed by atoms with Crippen molar-refractivity contribution < 1.29 is 9.90 Å². The molecule has 0 radical (unpaired) electrons. The first-order valence-electron chi connectivity index (χ1n) is 6.36. The van der Waals surface area contributed by atoms with Crippen LogP contribution in [0.4, 0.5) is 5.69 Å². The number of carboxylic acid groups (broad SMARTS) is 1. The second-order valence-electron chi connectivity index (χ2n) is 5.08. The summed E-state index contributed by atoms with van der Waals surface area (Å²) >= 11 is 3.30. The Morgan fingerprint density at radius 1 is 1.44 bits per heavy atom. The molecule has 1 aromatic rings. The van der Waals surface area contributed by atoms with Crippen molar-refractivity contribution in [2.45, 2.75) is 38.6 Å². The molecule has 1 aliphatic rings. The van der Waals surface area contributed by atoms with Gasteiger partial charge in [0.2, 0.25) is 0 Å². The summed E-state index contributed by atoms with van der Waals surface area (Å²) in [5.41, 5.74) is 1.05. The highest BCUT2D eigenvalue weighted by molar-refractivity contribution is 9.10. The molecule has 0 heterocycles. The average molecular weight is 312 g/mol. The molecule has 1 aromatic carbocycles. The zero-order valence-electron chi connectivity index (χ0n) is 10.4. The fourth-order valence-corrected chi connectivity index (χ4v) is 3.18. The van der Waals surface area contributed by atoms with Crippen LogP contribution in [0.1, 0.15) is 43.0 Å². The largest absolute Gasteiger partial charge is 0.478 e. The molecule has 0 aromatic heterocycles. The number of anilines is 1. The minimum atomic E-state index is -0.895. The first-order chi connectivity index (χ1) is 8.58. The molecule has 4 heteroatoms. The van der Waals surface area contributed by atoms with Crippen molar-refractivity contribution in [3.05, 3.63) is 28.2 Å². The van der Waals surface area contributed by atoms with Crippen LogP contribution in [0, 0.1) is 5.92 Å². The highest BCUT2D eigenvalue weighted by Gasteiger charge is 2.21. The third kappa shape index (κ3) is 3.05. The van der Waals surface area contributed by atoms with Crippen LogP contribution in [0.3, 0.4) is 0 Å². The molecule has 18 heavy (non-hydrogen) atoms. The summed E-state index contributed by atoms with van der Waals surface area (Å²) in [4.78, 5) is 11.3. The number of halogens is 1. The minimum absolute atomic E-state index is 0.329. The molecule has 2 atom stereocenters. The lowest BCUT2D eigenvalue weighted by Gasteiger charge is -2.28. The van der Waals surface area contributed by atoms with Crippen molar-refractivity contribution in [2.75, 3.05) is 5.32 Å². The lowest BCUT2D eigenvalue weighted by molar-refractivity contribution is 0.0697. The van der Waals surface area contributed by atoms with Crippen LogP contribution < -0.4 is 5.32 Å². The molecule has 0 bridgehead atoms. The zero-order chi connectivity index (χ0) is 13.1. The molecule has 2 unspecified atom stereocenters. The van der Waals surface area contributed by atoms with Gasteiger partial charge in [0, 0.05) is 10.5 Å². The average Bonchev–Trinajstić information content (AvgIpc) is 2.28. The summed E-state index contributed by atoms with van der Waals surface area (Å²) in [6.45, 7) is 2.26. The van der Waals surface area contributed by atoms with Gasteiger partial charge in [-0.2, -0.15) is 0 Å². The van der Waals surface area contributed by atoms with Gasteiger partial charge in [0.15, 0.2) is 0 Å². The molecule has 1 saturated carbocycles. The predicted molar refractivity (Wildman–Crippen MR) is 76.1 cm³/mol. The number of hydrogen-bond acceptors (Lipinski definition) is 2. The van der Waals surface area contributed by atoms with Gasteiger partial charge in [0.25, 0.3) is 0 Å². The van der Waals surface area contributed by atoms with E-state index < -0.39 is 5.97 Å². The smallest absolute Gasteiger partial charge is 0.338 e. The fraction of sp³-hybridized carbons (Fsp3) is 0.500. The maximum absolute atomic E-state index is 11.3. The van der Waals surface area contributed by atoms with E-state index in [1.165, 1.54) is 12.8 Å². The standard InChI is InChI=1S/C14H18BrNO2/c1-9-4-2-5-10(8-9)16-12-7-3-6-11(15)13(12)14(17)18/h3,6-7,9-10,16H,2,4-5,8H2,1H3,(H,17,18). The lowest BCUT2D eigenvalue weighted by atomic mass is 9.87. The first kappa shape index (κ1) is 13.4. The van der Waals surface area contributed by atoms with Gasteiger partial charge in [0.05, 0.1) is 11.3 Å². The molecule has 2 rings (SSSR count). The van der Waals surface area contributed by atoms with Crippen molar-refractivity contribution >= 4 is 27.6 Å². The summed E-state index contributed by atoms with van der Waals surface area (Å²) in [6.07, 6.45) is 4.74. The number of aromatic carboxylic acids is 1.